The molecule has 0 aliphatic carbocycles. The van der Waals surface area contributed by atoms with E-state index in [0.717, 1.165) is 26.3 Å². The van der Waals surface area contributed by atoms with Crippen molar-refractivity contribution in [3.8, 4) is 11.3 Å². The Morgan fingerprint density at radius 1 is 1.33 bits per heavy atom. The van der Waals surface area contributed by atoms with Gasteiger partial charge in [-0.25, -0.2) is 4.98 Å². The normalized spacial score (nSPS) is 11.8. The van der Waals surface area contributed by atoms with Gasteiger partial charge >= 0.3 is 6.18 Å². The summed E-state index contributed by atoms with van der Waals surface area (Å²) in [4.78, 5) is 4.88. The van der Waals surface area contributed by atoms with E-state index in [-0.39, 0.29) is 5.01 Å². The van der Waals surface area contributed by atoms with Crippen LogP contribution in [0.3, 0.4) is 0 Å². The molecule has 0 aliphatic heterocycles. The van der Waals surface area contributed by atoms with E-state index in [9.17, 15) is 13.2 Å². The fourth-order valence-corrected chi connectivity index (χ4v) is 2.99. The summed E-state index contributed by atoms with van der Waals surface area (Å²) in [6, 6.07) is 7.38. The van der Waals surface area contributed by atoms with Crippen LogP contribution in [0.25, 0.3) is 11.3 Å². The van der Waals surface area contributed by atoms with Crippen molar-refractivity contribution in [3.63, 3.8) is 0 Å². The Kier molecular flexibility index (Phi) is 3.77. The molecule has 0 aliphatic rings. The van der Waals surface area contributed by atoms with E-state index < -0.39 is 12.6 Å². The highest BCUT2D eigenvalue weighted by molar-refractivity contribution is 9.10. The highest BCUT2D eigenvalue weighted by atomic mass is 79.9. The smallest absolute Gasteiger partial charge is 0.241 e. The summed E-state index contributed by atoms with van der Waals surface area (Å²) < 4.78 is 37.8. The second kappa shape index (κ2) is 5.01. The van der Waals surface area contributed by atoms with Crippen LogP contribution in [-0.2, 0) is 6.42 Å². The van der Waals surface area contributed by atoms with Gasteiger partial charge in [-0.3, -0.25) is 0 Å². The zero-order valence-corrected chi connectivity index (χ0v) is 11.8. The number of alkyl halides is 3. The third-order valence-corrected chi connectivity index (χ3v) is 3.75. The molecule has 0 fully saturated rings. The lowest BCUT2D eigenvalue weighted by atomic mass is 10.1. The minimum Gasteiger partial charge on any atom is -0.241 e. The quantitative estimate of drug-likeness (QED) is 0.753. The zero-order chi connectivity index (χ0) is 13.3. The van der Waals surface area contributed by atoms with Crippen LogP contribution in [0, 0.1) is 6.92 Å². The van der Waals surface area contributed by atoms with E-state index in [1.165, 1.54) is 0 Å². The molecule has 1 heterocycles. The Bertz CT molecular complexity index is 563. The average Bonchev–Trinajstić information content (AvgIpc) is 2.56. The van der Waals surface area contributed by atoms with Gasteiger partial charge in [0.1, 0.15) is 5.01 Å². The average molecular weight is 336 g/mol. The molecule has 2 rings (SSSR count). The maximum atomic E-state index is 12.3. The Morgan fingerprint density at radius 3 is 2.67 bits per heavy atom. The van der Waals surface area contributed by atoms with E-state index in [1.54, 1.807) is 6.92 Å². The number of benzene rings is 1. The van der Waals surface area contributed by atoms with Crippen LogP contribution >= 0.6 is 27.3 Å². The molecule has 6 heteroatoms. The van der Waals surface area contributed by atoms with Crippen LogP contribution in [-0.4, -0.2) is 11.2 Å². The summed E-state index contributed by atoms with van der Waals surface area (Å²) in [6.45, 7) is 1.79. The van der Waals surface area contributed by atoms with Crippen molar-refractivity contribution >= 4 is 27.3 Å². The summed E-state index contributed by atoms with van der Waals surface area (Å²) >= 11 is 4.43. The zero-order valence-electron chi connectivity index (χ0n) is 9.38. The van der Waals surface area contributed by atoms with Gasteiger partial charge in [0.25, 0.3) is 0 Å². The number of nitrogens with zero attached hydrogens (tertiary/aromatic N) is 1. The van der Waals surface area contributed by atoms with Crippen molar-refractivity contribution in [2.45, 2.75) is 19.5 Å². The second-order valence-corrected chi connectivity index (χ2v) is 6.02. The van der Waals surface area contributed by atoms with Crippen LogP contribution in [0.4, 0.5) is 13.2 Å². The summed E-state index contributed by atoms with van der Waals surface area (Å²) in [6.07, 6.45) is -5.18. The summed E-state index contributed by atoms with van der Waals surface area (Å²) in [5.41, 5.74) is 1.45. The van der Waals surface area contributed by atoms with Gasteiger partial charge in [-0.1, -0.05) is 28.1 Å². The molecule has 0 bridgehead atoms. The van der Waals surface area contributed by atoms with E-state index in [1.807, 2.05) is 24.3 Å². The maximum absolute atomic E-state index is 12.3. The molecule has 0 spiro atoms. The van der Waals surface area contributed by atoms with Gasteiger partial charge in [-0.05, 0) is 19.1 Å². The van der Waals surface area contributed by atoms with Crippen molar-refractivity contribution in [2.75, 3.05) is 0 Å². The third kappa shape index (κ3) is 3.32. The topological polar surface area (TPSA) is 12.9 Å². The van der Waals surface area contributed by atoms with Gasteiger partial charge in [0.05, 0.1) is 12.1 Å². The van der Waals surface area contributed by atoms with E-state index in [2.05, 4.69) is 20.9 Å². The summed E-state index contributed by atoms with van der Waals surface area (Å²) in [7, 11) is 0. The first-order chi connectivity index (χ1) is 8.35. The van der Waals surface area contributed by atoms with Gasteiger partial charge < -0.3 is 0 Å². The fourth-order valence-electron chi connectivity index (χ4n) is 1.60. The first kappa shape index (κ1) is 13.5. The van der Waals surface area contributed by atoms with Crippen molar-refractivity contribution in [2.24, 2.45) is 0 Å². The third-order valence-electron chi connectivity index (χ3n) is 2.29. The molecule has 1 aromatic heterocycles. The predicted molar refractivity (Wildman–Crippen MR) is 69.7 cm³/mol. The molecule has 1 nitrogen and oxygen atoms in total. The number of rotatable bonds is 2. The van der Waals surface area contributed by atoms with Gasteiger partial charge in [0, 0.05) is 14.9 Å². The lowest BCUT2D eigenvalue weighted by Gasteiger charge is -2.02. The largest absolute Gasteiger partial charge is 0.395 e. The summed E-state index contributed by atoms with van der Waals surface area (Å²) in [5, 5.41) is 0.106. The lowest BCUT2D eigenvalue weighted by molar-refractivity contribution is -0.127. The fraction of sp³-hybridized carbons (Fsp3) is 0.250. The van der Waals surface area contributed by atoms with Crippen LogP contribution in [0.2, 0.25) is 0 Å². The summed E-state index contributed by atoms with van der Waals surface area (Å²) in [5.74, 6) is 0. The molecule has 18 heavy (non-hydrogen) atoms. The number of aryl methyl sites for hydroxylation is 1. The molecule has 0 saturated carbocycles. The SMILES string of the molecule is Cc1sc(CC(F)(F)F)nc1-c1cccc(Br)c1. The molecule has 0 N–H and O–H groups in total. The molecule has 0 amide bonds. The van der Waals surface area contributed by atoms with Crippen molar-refractivity contribution < 1.29 is 13.2 Å². The molecule has 2 aromatic rings. The predicted octanol–water partition coefficient (Wildman–Crippen LogP) is 4.99. The van der Waals surface area contributed by atoms with Crippen molar-refractivity contribution in [1.29, 1.82) is 0 Å². The van der Waals surface area contributed by atoms with Gasteiger partial charge in [-0.2, -0.15) is 13.2 Å². The number of halogens is 4. The first-order valence-electron chi connectivity index (χ1n) is 5.14. The van der Waals surface area contributed by atoms with Gasteiger partial charge in [0.2, 0.25) is 0 Å². The Balaban J connectivity index is 2.35. The Labute approximate surface area is 115 Å². The van der Waals surface area contributed by atoms with Crippen LogP contribution < -0.4 is 0 Å². The molecule has 0 saturated heterocycles. The van der Waals surface area contributed by atoms with E-state index in [0.29, 0.717) is 5.69 Å². The number of thiazole rings is 1. The number of hydrogen-bond acceptors (Lipinski definition) is 2. The Morgan fingerprint density at radius 2 is 2.06 bits per heavy atom. The maximum Gasteiger partial charge on any atom is 0.395 e. The van der Waals surface area contributed by atoms with Crippen LogP contribution in [0.1, 0.15) is 9.88 Å². The molecular formula is C12H9BrF3NS. The van der Waals surface area contributed by atoms with Gasteiger partial charge in [0.15, 0.2) is 0 Å². The number of aromatic nitrogens is 1. The molecule has 0 radical (unpaired) electrons. The standard InChI is InChI=1S/C12H9BrF3NS/c1-7-11(8-3-2-4-9(13)5-8)17-10(18-7)6-12(14,15)16/h2-5H,6H2,1H3. The molecule has 96 valence electrons. The monoisotopic (exact) mass is 335 g/mol. The minimum atomic E-state index is -4.21. The van der Waals surface area contributed by atoms with Gasteiger partial charge in [-0.15, -0.1) is 11.3 Å². The van der Waals surface area contributed by atoms with E-state index in [4.69, 9.17) is 0 Å². The second-order valence-electron chi connectivity index (χ2n) is 3.81. The Hall–Kier alpha value is -0.880. The molecule has 1 aromatic carbocycles. The molecular weight excluding hydrogens is 327 g/mol. The van der Waals surface area contributed by atoms with Crippen LogP contribution in [0.15, 0.2) is 28.7 Å². The van der Waals surface area contributed by atoms with Crippen molar-refractivity contribution in [1.82, 2.24) is 4.98 Å². The lowest BCUT2D eigenvalue weighted by Crippen LogP contribution is -2.11. The van der Waals surface area contributed by atoms with E-state index >= 15 is 0 Å². The highest BCUT2D eigenvalue weighted by Gasteiger charge is 2.30. The van der Waals surface area contributed by atoms with Crippen LogP contribution in [0.5, 0.6) is 0 Å². The van der Waals surface area contributed by atoms with Crippen molar-refractivity contribution in [3.05, 3.63) is 38.6 Å². The first-order valence-corrected chi connectivity index (χ1v) is 6.75. The molecule has 0 unspecified atom stereocenters. The minimum absolute atomic E-state index is 0.106. The number of hydrogen-bond donors (Lipinski definition) is 0. The molecule has 0 atom stereocenters. The highest BCUT2D eigenvalue weighted by Crippen LogP contribution is 2.32.